The Morgan fingerprint density at radius 3 is 2.71 bits per heavy atom. The van der Waals surface area contributed by atoms with Gasteiger partial charge in [-0.15, -0.1) is 0 Å². The number of rotatable bonds is 4. The second-order valence-electron chi connectivity index (χ2n) is 6.13. The Bertz CT molecular complexity index is 821. The molecule has 1 fully saturated rings. The van der Waals surface area contributed by atoms with Crippen LogP contribution < -0.4 is 10.9 Å². The zero-order chi connectivity index (χ0) is 17.1. The average molecular weight is 328 g/mol. The Morgan fingerprint density at radius 2 is 1.96 bits per heavy atom. The van der Waals surface area contributed by atoms with Crippen LogP contribution in [0.2, 0.25) is 0 Å². The Labute approximate surface area is 139 Å². The minimum Gasteiger partial charge on any atom is -0.449 e. The van der Waals surface area contributed by atoms with Crippen LogP contribution >= 0.6 is 0 Å². The summed E-state index contributed by atoms with van der Waals surface area (Å²) >= 11 is 0. The van der Waals surface area contributed by atoms with Crippen LogP contribution in [0, 0.1) is 0 Å². The number of aromatic nitrogens is 1. The SMILES string of the molecule is C[C@H](OC(=O)c1cc(=O)[nH]c2ccccc12)C(=O)NC1CCCC1. The number of H-pyrrole nitrogens is 1. The van der Waals surface area contributed by atoms with E-state index in [9.17, 15) is 14.4 Å². The fourth-order valence-electron chi connectivity index (χ4n) is 3.04. The van der Waals surface area contributed by atoms with Gasteiger partial charge in [-0.05, 0) is 25.8 Å². The molecular weight excluding hydrogens is 308 g/mol. The number of carbonyl (C=O) groups is 2. The van der Waals surface area contributed by atoms with E-state index in [4.69, 9.17) is 4.74 Å². The fourth-order valence-corrected chi connectivity index (χ4v) is 3.04. The number of amides is 1. The number of nitrogens with one attached hydrogen (secondary N) is 2. The summed E-state index contributed by atoms with van der Waals surface area (Å²) in [5, 5.41) is 3.49. The molecule has 0 unspecified atom stereocenters. The van der Waals surface area contributed by atoms with Gasteiger partial charge in [0, 0.05) is 23.0 Å². The lowest BCUT2D eigenvalue weighted by Crippen LogP contribution is -2.40. The van der Waals surface area contributed by atoms with Crippen LogP contribution in [0.25, 0.3) is 10.9 Å². The Morgan fingerprint density at radius 1 is 1.25 bits per heavy atom. The third-order valence-electron chi connectivity index (χ3n) is 4.33. The van der Waals surface area contributed by atoms with Gasteiger partial charge in [0.2, 0.25) is 5.56 Å². The molecule has 0 radical (unpaired) electrons. The first-order chi connectivity index (χ1) is 11.5. The third kappa shape index (κ3) is 3.48. The number of ether oxygens (including phenoxy) is 1. The van der Waals surface area contributed by atoms with E-state index in [2.05, 4.69) is 10.3 Å². The van der Waals surface area contributed by atoms with Crippen molar-refractivity contribution < 1.29 is 14.3 Å². The van der Waals surface area contributed by atoms with Gasteiger partial charge in [0.05, 0.1) is 5.56 Å². The highest BCUT2D eigenvalue weighted by Crippen LogP contribution is 2.19. The highest BCUT2D eigenvalue weighted by molar-refractivity contribution is 6.03. The summed E-state index contributed by atoms with van der Waals surface area (Å²) in [5.74, 6) is -0.976. The van der Waals surface area contributed by atoms with Crippen molar-refractivity contribution in [3.05, 3.63) is 46.2 Å². The van der Waals surface area contributed by atoms with E-state index in [0.717, 1.165) is 25.7 Å². The summed E-state index contributed by atoms with van der Waals surface area (Å²) in [6.07, 6.45) is 3.24. The second kappa shape index (κ2) is 6.86. The largest absolute Gasteiger partial charge is 0.449 e. The number of carbonyl (C=O) groups excluding carboxylic acids is 2. The number of hydrogen-bond donors (Lipinski definition) is 2. The first-order valence-corrected chi connectivity index (χ1v) is 8.18. The van der Waals surface area contributed by atoms with E-state index in [1.807, 2.05) is 0 Å². The van der Waals surface area contributed by atoms with Crippen molar-refractivity contribution >= 4 is 22.8 Å². The molecule has 0 bridgehead atoms. The molecule has 1 amide bonds. The smallest absolute Gasteiger partial charge is 0.339 e. The van der Waals surface area contributed by atoms with Crippen molar-refractivity contribution in [1.82, 2.24) is 10.3 Å². The molecule has 6 nitrogen and oxygen atoms in total. The zero-order valence-electron chi connectivity index (χ0n) is 13.5. The molecule has 24 heavy (non-hydrogen) atoms. The maximum Gasteiger partial charge on any atom is 0.339 e. The molecule has 3 rings (SSSR count). The zero-order valence-corrected chi connectivity index (χ0v) is 13.5. The van der Waals surface area contributed by atoms with Crippen molar-refractivity contribution in [2.75, 3.05) is 0 Å². The molecule has 1 aromatic heterocycles. The molecular formula is C18H20N2O4. The van der Waals surface area contributed by atoms with Gasteiger partial charge < -0.3 is 15.0 Å². The van der Waals surface area contributed by atoms with Crippen LogP contribution in [-0.4, -0.2) is 29.0 Å². The maximum absolute atomic E-state index is 12.4. The molecule has 1 saturated carbocycles. The predicted molar refractivity (Wildman–Crippen MR) is 89.8 cm³/mol. The van der Waals surface area contributed by atoms with Gasteiger partial charge in [0.15, 0.2) is 6.10 Å². The molecule has 1 aliphatic rings. The molecule has 6 heteroatoms. The molecule has 1 aliphatic carbocycles. The van der Waals surface area contributed by atoms with Gasteiger partial charge in [0.1, 0.15) is 0 Å². The van der Waals surface area contributed by atoms with Crippen LogP contribution in [0.4, 0.5) is 0 Å². The summed E-state index contributed by atoms with van der Waals surface area (Å²) in [4.78, 5) is 38.9. The number of pyridine rings is 1. The minimum absolute atomic E-state index is 0.162. The third-order valence-corrected chi connectivity index (χ3v) is 4.33. The molecule has 1 heterocycles. The molecule has 2 N–H and O–H groups in total. The molecule has 0 aliphatic heterocycles. The molecule has 126 valence electrons. The van der Waals surface area contributed by atoms with Crippen molar-refractivity contribution in [1.29, 1.82) is 0 Å². The second-order valence-corrected chi connectivity index (χ2v) is 6.13. The lowest BCUT2D eigenvalue weighted by molar-refractivity contribution is -0.129. The lowest BCUT2D eigenvalue weighted by Gasteiger charge is -2.17. The van der Waals surface area contributed by atoms with Gasteiger partial charge in [0.25, 0.3) is 5.91 Å². The van der Waals surface area contributed by atoms with Crippen LogP contribution in [0.15, 0.2) is 35.1 Å². The first kappa shape index (κ1) is 16.2. The number of fused-ring (bicyclic) bond motifs is 1. The van der Waals surface area contributed by atoms with Crippen molar-refractivity contribution in [2.45, 2.75) is 44.8 Å². The number of benzene rings is 1. The number of esters is 1. The summed E-state index contributed by atoms with van der Waals surface area (Å²) in [7, 11) is 0. The fraction of sp³-hybridized carbons (Fsp3) is 0.389. The highest BCUT2D eigenvalue weighted by atomic mass is 16.5. The van der Waals surface area contributed by atoms with Crippen molar-refractivity contribution in [3.63, 3.8) is 0 Å². The van der Waals surface area contributed by atoms with Crippen molar-refractivity contribution in [3.8, 4) is 0 Å². The van der Waals surface area contributed by atoms with Gasteiger partial charge >= 0.3 is 5.97 Å². The summed E-state index contributed by atoms with van der Waals surface area (Å²) in [6, 6.07) is 8.35. The molecule has 1 aromatic carbocycles. The number of aromatic amines is 1. The highest BCUT2D eigenvalue weighted by Gasteiger charge is 2.24. The molecule has 2 aromatic rings. The predicted octanol–water partition coefficient (Wildman–Crippen LogP) is 2.13. The Kier molecular flexibility index (Phi) is 4.64. The van der Waals surface area contributed by atoms with Crippen molar-refractivity contribution in [2.24, 2.45) is 0 Å². The van der Waals surface area contributed by atoms with Gasteiger partial charge in [-0.2, -0.15) is 0 Å². The topological polar surface area (TPSA) is 88.3 Å². The summed E-state index contributed by atoms with van der Waals surface area (Å²) in [6.45, 7) is 1.54. The van der Waals surface area contributed by atoms with E-state index in [1.54, 1.807) is 24.3 Å². The van der Waals surface area contributed by atoms with E-state index >= 15 is 0 Å². The van der Waals surface area contributed by atoms with E-state index in [0.29, 0.717) is 10.9 Å². The van der Waals surface area contributed by atoms with Crippen LogP contribution in [-0.2, 0) is 9.53 Å². The Balaban J connectivity index is 1.74. The maximum atomic E-state index is 12.4. The van der Waals surface area contributed by atoms with E-state index in [1.165, 1.54) is 13.0 Å². The Hall–Kier alpha value is -2.63. The van der Waals surface area contributed by atoms with Crippen LogP contribution in [0.3, 0.4) is 0 Å². The number of hydrogen-bond acceptors (Lipinski definition) is 4. The van der Waals surface area contributed by atoms with Crippen LogP contribution in [0.5, 0.6) is 0 Å². The van der Waals surface area contributed by atoms with Gasteiger partial charge in [-0.1, -0.05) is 31.0 Å². The lowest BCUT2D eigenvalue weighted by atomic mass is 10.1. The molecule has 1 atom stereocenters. The molecule has 0 spiro atoms. The van der Waals surface area contributed by atoms with E-state index < -0.39 is 12.1 Å². The summed E-state index contributed by atoms with van der Waals surface area (Å²) < 4.78 is 5.27. The van der Waals surface area contributed by atoms with Gasteiger partial charge in [-0.25, -0.2) is 4.79 Å². The standard InChI is InChI=1S/C18H20N2O4/c1-11(17(22)19-12-6-2-3-7-12)24-18(23)14-10-16(21)20-15-9-5-4-8-13(14)15/h4-5,8-12H,2-3,6-7H2,1H3,(H,19,22)(H,20,21)/t11-/m0/s1. The van der Waals surface area contributed by atoms with E-state index in [-0.39, 0.29) is 23.1 Å². The summed E-state index contributed by atoms with van der Waals surface area (Å²) in [5.41, 5.74) is 0.332. The quantitative estimate of drug-likeness (QED) is 0.842. The van der Waals surface area contributed by atoms with Gasteiger partial charge in [-0.3, -0.25) is 9.59 Å². The normalized spacial score (nSPS) is 16.0. The average Bonchev–Trinajstić information content (AvgIpc) is 3.06. The van der Waals surface area contributed by atoms with Crippen LogP contribution in [0.1, 0.15) is 43.0 Å². The monoisotopic (exact) mass is 328 g/mol. The minimum atomic E-state index is -0.906. The first-order valence-electron chi connectivity index (χ1n) is 8.18. The molecule has 0 saturated heterocycles. The number of para-hydroxylation sites is 1.